The fourth-order valence-electron chi connectivity index (χ4n) is 0.775. The molecule has 0 aliphatic heterocycles. The van der Waals surface area contributed by atoms with Crippen molar-refractivity contribution < 1.29 is 14.3 Å². The highest BCUT2D eigenvalue weighted by Crippen LogP contribution is 2.05. The normalized spacial score (nSPS) is 10.1. The lowest BCUT2D eigenvalue weighted by Crippen LogP contribution is -1.99. The summed E-state index contributed by atoms with van der Waals surface area (Å²) in [6.07, 6.45) is 5.68. The maximum absolute atomic E-state index is 10.8. The third kappa shape index (κ3) is 3.71. The Morgan fingerprint density at radius 3 is 3.14 bits per heavy atom. The number of aromatic nitrogens is 1. The fraction of sp³-hybridized carbons (Fsp3) is 0.200. The van der Waals surface area contributed by atoms with E-state index in [-0.39, 0.29) is 0 Å². The molecule has 0 bridgehead atoms. The lowest BCUT2D eigenvalue weighted by Gasteiger charge is -1.97. The van der Waals surface area contributed by atoms with Crippen molar-refractivity contribution in [2.24, 2.45) is 0 Å². The number of nitrogens with zero attached hydrogens (tertiary/aromatic N) is 1. The molecule has 0 saturated heterocycles. The average molecular weight is 193 g/mol. The van der Waals surface area contributed by atoms with Crippen molar-refractivity contribution in [1.82, 2.24) is 4.98 Å². The van der Waals surface area contributed by atoms with Crippen molar-refractivity contribution >= 4 is 5.97 Å². The maximum atomic E-state index is 10.8. The first-order chi connectivity index (χ1) is 6.83. The summed E-state index contributed by atoms with van der Waals surface area (Å²) in [5.41, 5.74) is 0. The van der Waals surface area contributed by atoms with Crippen LogP contribution in [0.5, 0.6) is 5.75 Å². The van der Waals surface area contributed by atoms with Gasteiger partial charge in [-0.15, -0.1) is 0 Å². The number of carbonyl (C=O) groups excluding carboxylic acids is 1. The van der Waals surface area contributed by atoms with Gasteiger partial charge < -0.3 is 9.47 Å². The van der Waals surface area contributed by atoms with E-state index < -0.39 is 5.97 Å². The molecule has 0 N–H and O–H groups in total. The summed E-state index contributed by atoms with van der Waals surface area (Å²) < 4.78 is 9.74. The molecule has 1 rings (SSSR count). The van der Waals surface area contributed by atoms with E-state index in [1.165, 1.54) is 12.3 Å². The molecule has 74 valence electrons. The smallest absolute Gasteiger partial charge is 0.333 e. The van der Waals surface area contributed by atoms with Crippen LogP contribution in [0.3, 0.4) is 0 Å². The Kier molecular flexibility index (Phi) is 4.20. The molecule has 0 unspecified atom stereocenters. The van der Waals surface area contributed by atoms with Crippen LogP contribution in [0.15, 0.2) is 36.9 Å². The molecule has 0 aliphatic carbocycles. The summed E-state index contributed by atoms with van der Waals surface area (Å²) in [6.45, 7) is 2.10. The van der Waals surface area contributed by atoms with Gasteiger partial charge in [0.1, 0.15) is 5.75 Å². The highest BCUT2D eigenvalue weighted by Gasteiger charge is 1.93. The first-order valence-electron chi connectivity index (χ1n) is 4.23. The zero-order chi connectivity index (χ0) is 10.2. The van der Waals surface area contributed by atoms with Gasteiger partial charge >= 0.3 is 5.97 Å². The van der Waals surface area contributed by atoms with Crippen molar-refractivity contribution in [3.63, 3.8) is 0 Å². The summed E-state index contributed by atoms with van der Waals surface area (Å²) >= 11 is 0. The Morgan fingerprint density at radius 1 is 1.64 bits per heavy atom. The van der Waals surface area contributed by atoms with Gasteiger partial charge in [-0.25, -0.2) is 4.79 Å². The zero-order valence-electron chi connectivity index (χ0n) is 7.84. The minimum atomic E-state index is -0.420. The lowest BCUT2D eigenvalue weighted by atomic mass is 10.5. The third-order valence-corrected chi connectivity index (χ3v) is 1.33. The average Bonchev–Trinajstić information content (AvgIpc) is 2.20. The Morgan fingerprint density at radius 2 is 2.50 bits per heavy atom. The summed E-state index contributed by atoms with van der Waals surface area (Å²) in [6, 6.07) is 3.48. The lowest BCUT2D eigenvalue weighted by molar-refractivity contribution is -0.137. The van der Waals surface area contributed by atoms with Gasteiger partial charge in [0.05, 0.1) is 25.1 Å². The van der Waals surface area contributed by atoms with Crippen LogP contribution in [0.25, 0.3) is 0 Å². The van der Waals surface area contributed by atoms with Crippen LogP contribution in [0.4, 0.5) is 0 Å². The van der Waals surface area contributed by atoms with Gasteiger partial charge in [0, 0.05) is 6.20 Å². The summed E-state index contributed by atoms with van der Waals surface area (Å²) in [5, 5.41) is 0. The van der Waals surface area contributed by atoms with E-state index in [2.05, 4.69) is 9.72 Å². The van der Waals surface area contributed by atoms with Gasteiger partial charge in [-0.2, -0.15) is 0 Å². The van der Waals surface area contributed by atoms with Crippen LogP contribution in [0, 0.1) is 0 Å². The van der Waals surface area contributed by atoms with Gasteiger partial charge in [0.25, 0.3) is 0 Å². The maximum Gasteiger partial charge on any atom is 0.333 e. The summed E-state index contributed by atoms with van der Waals surface area (Å²) in [7, 11) is 0. The quantitative estimate of drug-likeness (QED) is 0.413. The van der Waals surface area contributed by atoms with Gasteiger partial charge in [0.15, 0.2) is 0 Å². The molecule has 1 heterocycles. The number of hydrogen-bond acceptors (Lipinski definition) is 4. The predicted molar refractivity (Wildman–Crippen MR) is 50.6 cm³/mol. The topological polar surface area (TPSA) is 48.4 Å². The van der Waals surface area contributed by atoms with Gasteiger partial charge in [-0.05, 0) is 19.1 Å². The number of esters is 1. The summed E-state index contributed by atoms with van der Waals surface area (Å²) in [5.74, 6) is 0.157. The molecular formula is C10H11NO3. The third-order valence-electron chi connectivity index (χ3n) is 1.33. The Bertz CT molecular complexity index is 308. The first-order valence-corrected chi connectivity index (χ1v) is 4.23. The van der Waals surface area contributed by atoms with Crippen LogP contribution in [0.2, 0.25) is 0 Å². The Balaban J connectivity index is 2.37. The first kappa shape index (κ1) is 10.2. The molecule has 1 aromatic heterocycles. The molecule has 0 spiro atoms. The number of hydrogen-bond donors (Lipinski definition) is 0. The van der Waals surface area contributed by atoms with Gasteiger partial charge in [-0.3, -0.25) is 4.98 Å². The molecule has 4 heteroatoms. The van der Waals surface area contributed by atoms with E-state index in [0.717, 1.165) is 0 Å². The SMILES string of the molecule is CCOC(=O)/C=C\Oc1cccnc1. The van der Waals surface area contributed by atoms with E-state index in [4.69, 9.17) is 4.74 Å². The van der Waals surface area contributed by atoms with Gasteiger partial charge in [0.2, 0.25) is 0 Å². The second-order valence-corrected chi connectivity index (χ2v) is 2.36. The van der Waals surface area contributed by atoms with E-state index in [9.17, 15) is 4.79 Å². The van der Waals surface area contributed by atoms with Crippen LogP contribution >= 0.6 is 0 Å². The van der Waals surface area contributed by atoms with E-state index in [1.54, 1.807) is 31.5 Å². The van der Waals surface area contributed by atoms with E-state index in [0.29, 0.717) is 12.4 Å². The molecule has 0 radical (unpaired) electrons. The van der Waals surface area contributed by atoms with Crippen LogP contribution < -0.4 is 4.74 Å². The van der Waals surface area contributed by atoms with Crippen molar-refractivity contribution in [1.29, 1.82) is 0 Å². The van der Waals surface area contributed by atoms with Crippen LogP contribution in [-0.4, -0.2) is 17.6 Å². The number of pyridine rings is 1. The molecule has 0 fully saturated rings. The second-order valence-electron chi connectivity index (χ2n) is 2.36. The van der Waals surface area contributed by atoms with Crippen LogP contribution in [0.1, 0.15) is 6.92 Å². The largest absolute Gasteiger partial charge is 0.463 e. The molecule has 14 heavy (non-hydrogen) atoms. The fourth-order valence-corrected chi connectivity index (χ4v) is 0.775. The van der Waals surface area contributed by atoms with Crippen molar-refractivity contribution in [2.75, 3.05) is 6.61 Å². The van der Waals surface area contributed by atoms with Crippen molar-refractivity contribution in [3.8, 4) is 5.75 Å². The predicted octanol–water partition coefficient (Wildman–Crippen LogP) is 1.54. The molecule has 0 saturated carbocycles. The molecule has 0 amide bonds. The van der Waals surface area contributed by atoms with E-state index in [1.807, 2.05) is 0 Å². The Labute approximate surface area is 82.2 Å². The number of ether oxygens (including phenoxy) is 2. The van der Waals surface area contributed by atoms with Crippen molar-refractivity contribution in [3.05, 3.63) is 36.9 Å². The minimum absolute atomic E-state index is 0.357. The summed E-state index contributed by atoms with van der Waals surface area (Å²) in [4.78, 5) is 14.7. The Hall–Kier alpha value is -1.84. The standard InChI is InChI=1S/C10H11NO3/c1-2-13-10(12)5-7-14-9-4-3-6-11-8-9/h3-8H,2H2,1H3/b7-5-. The monoisotopic (exact) mass is 193 g/mol. The zero-order valence-corrected chi connectivity index (χ0v) is 7.84. The highest BCUT2D eigenvalue weighted by atomic mass is 16.5. The van der Waals surface area contributed by atoms with Crippen molar-refractivity contribution in [2.45, 2.75) is 6.92 Å². The van der Waals surface area contributed by atoms with E-state index >= 15 is 0 Å². The number of carbonyl (C=O) groups is 1. The number of rotatable bonds is 4. The molecule has 0 atom stereocenters. The molecule has 0 aliphatic rings. The molecule has 4 nitrogen and oxygen atoms in total. The molecule has 1 aromatic rings. The molecular weight excluding hydrogens is 182 g/mol. The minimum Gasteiger partial charge on any atom is -0.463 e. The second kappa shape index (κ2) is 5.75. The molecule has 0 aromatic carbocycles. The highest BCUT2D eigenvalue weighted by molar-refractivity contribution is 5.81. The van der Waals surface area contributed by atoms with Gasteiger partial charge in [-0.1, -0.05) is 0 Å². The van der Waals surface area contributed by atoms with Crippen LogP contribution in [-0.2, 0) is 9.53 Å².